The monoisotopic (exact) mass is 312 g/mol. The lowest BCUT2D eigenvalue weighted by Crippen LogP contribution is -2.41. The van der Waals surface area contributed by atoms with Crippen LogP contribution in [0.1, 0.15) is 38.8 Å². The van der Waals surface area contributed by atoms with Crippen LogP contribution in [-0.2, 0) is 4.79 Å². The molecule has 0 saturated carbocycles. The third-order valence-corrected chi connectivity index (χ3v) is 3.51. The second-order valence-electron chi connectivity index (χ2n) is 5.96. The van der Waals surface area contributed by atoms with Gasteiger partial charge >= 0.3 is 0 Å². The minimum Gasteiger partial charge on any atom is -0.491 e. The van der Waals surface area contributed by atoms with Crippen LogP contribution in [0.5, 0.6) is 5.75 Å². The van der Waals surface area contributed by atoms with Crippen LogP contribution in [0.3, 0.4) is 0 Å². The lowest BCUT2D eigenvalue weighted by atomic mass is 10.1. The van der Waals surface area contributed by atoms with E-state index in [4.69, 9.17) is 4.74 Å². The van der Waals surface area contributed by atoms with E-state index >= 15 is 0 Å². The summed E-state index contributed by atoms with van der Waals surface area (Å²) in [5.41, 5.74) is 0.872. The number of halogens is 2. The van der Waals surface area contributed by atoms with Crippen LogP contribution in [0.4, 0.5) is 8.78 Å². The Hall–Kier alpha value is -1.69. The van der Waals surface area contributed by atoms with Gasteiger partial charge in [0.05, 0.1) is 24.7 Å². The van der Waals surface area contributed by atoms with Gasteiger partial charge in [-0.25, -0.2) is 8.78 Å². The fourth-order valence-corrected chi connectivity index (χ4v) is 2.43. The molecule has 0 radical (unpaired) electrons. The van der Waals surface area contributed by atoms with Crippen molar-refractivity contribution in [2.45, 2.75) is 51.3 Å². The second-order valence-corrected chi connectivity index (χ2v) is 5.96. The van der Waals surface area contributed by atoms with Crippen LogP contribution in [0.15, 0.2) is 24.3 Å². The molecule has 1 amide bonds. The van der Waals surface area contributed by atoms with Gasteiger partial charge in [0.2, 0.25) is 5.91 Å². The molecule has 0 bridgehead atoms. The van der Waals surface area contributed by atoms with Crippen molar-refractivity contribution in [2.75, 3.05) is 6.54 Å². The molecule has 0 aromatic heterocycles. The number of benzene rings is 1. The first-order valence-corrected chi connectivity index (χ1v) is 7.45. The highest BCUT2D eigenvalue weighted by atomic mass is 19.3. The fourth-order valence-electron chi connectivity index (χ4n) is 2.43. The van der Waals surface area contributed by atoms with Gasteiger partial charge in [-0.2, -0.15) is 0 Å². The SMILES string of the molecule is CC(C)Oc1cccc(C(C)NC(=O)C2CC(F)(F)CN2)c1. The molecule has 4 nitrogen and oxygen atoms in total. The summed E-state index contributed by atoms with van der Waals surface area (Å²) in [7, 11) is 0. The first-order chi connectivity index (χ1) is 10.3. The second kappa shape index (κ2) is 6.60. The molecule has 0 aliphatic carbocycles. The van der Waals surface area contributed by atoms with Crippen molar-refractivity contribution in [2.24, 2.45) is 0 Å². The Kier molecular flexibility index (Phi) is 5.01. The average molecular weight is 312 g/mol. The molecule has 1 saturated heterocycles. The Morgan fingerprint density at radius 3 is 2.73 bits per heavy atom. The summed E-state index contributed by atoms with van der Waals surface area (Å²) in [6.07, 6.45) is -0.396. The Labute approximate surface area is 129 Å². The molecular formula is C16H22F2N2O2. The number of rotatable bonds is 5. The highest BCUT2D eigenvalue weighted by Gasteiger charge is 2.42. The summed E-state index contributed by atoms with van der Waals surface area (Å²) >= 11 is 0. The van der Waals surface area contributed by atoms with Gasteiger partial charge in [-0.3, -0.25) is 10.1 Å². The van der Waals surface area contributed by atoms with E-state index in [0.29, 0.717) is 0 Å². The molecule has 1 heterocycles. The standard InChI is InChI=1S/C16H22F2N2O2/c1-10(2)22-13-6-4-5-12(7-13)11(3)20-15(21)14-8-16(17,18)9-19-14/h4-7,10-11,14,19H,8-9H2,1-3H3,(H,20,21). The Balaban J connectivity index is 1.97. The van der Waals surface area contributed by atoms with Crippen LogP contribution < -0.4 is 15.4 Å². The van der Waals surface area contributed by atoms with Crippen molar-refractivity contribution in [3.05, 3.63) is 29.8 Å². The zero-order valence-electron chi connectivity index (χ0n) is 13.0. The van der Waals surface area contributed by atoms with E-state index in [-0.39, 0.29) is 12.1 Å². The van der Waals surface area contributed by atoms with Crippen LogP contribution in [0, 0.1) is 0 Å². The van der Waals surface area contributed by atoms with Gasteiger partial charge in [-0.15, -0.1) is 0 Å². The Morgan fingerprint density at radius 1 is 1.41 bits per heavy atom. The van der Waals surface area contributed by atoms with Gasteiger partial charge in [0, 0.05) is 6.42 Å². The first kappa shape index (κ1) is 16.7. The smallest absolute Gasteiger partial charge is 0.262 e. The third kappa shape index (κ3) is 4.40. The lowest BCUT2D eigenvalue weighted by molar-refractivity contribution is -0.124. The topological polar surface area (TPSA) is 50.4 Å². The van der Waals surface area contributed by atoms with Gasteiger partial charge in [0.25, 0.3) is 5.92 Å². The van der Waals surface area contributed by atoms with Crippen LogP contribution in [0.2, 0.25) is 0 Å². The predicted molar refractivity (Wildman–Crippen MR) is 80.1 cm³/mol. The molecular weight excluding hydrogens is 290 g/mol. The number of alkyl halides is 2. The van der Waals surface area contributed by atoms with Crippen molar-refractivity contribution in [1.82, 2.24) is 10.6 Å². The molecule has 2 unspecified atom stereocenters. The van der Waals surface area contributed by atoms with E-state index in [1.807, 2.05) is 45.0 Å². The number of ether oxygens (including phenoxy) is 1. The molecule has 2 rings (SSSR count). The third-order valence-electron chi connectivity index (χ3n) is 3.51. The van der Waals surface area contributed by atoms with Crippen molar-refractivity contribution >= 4 is 5.91 Å². The van der Waals surface area contributed by atoms with Crippen molar-refractivity contribution in [1.29, 1.82) is 0 Å². The number of carbonyl (C=O) groups is 1. The summed E-state index contributed by atoms with van der Waals surface area (Å²) in [5.74, 6) is -2.49. The Bertz CT molecular complexity index is 535. The first-order valence-electron chi connectivity index (χ1n) is 7.45. The molecule has 2 atom stereocenters. The highest BCUT2D eigenvalue weighted by molar-refractivity contribution is 5.82. The maximum absolute atomic E-state index is 13.1. The number of carbonyl (C=O) groups excluding carboxylic acids is 1. The minimum atomic E-state index is -2.81. The van der Waals surface area contributed by atoms with E-state index in [0.717, 1.165) is 11.3 Å². The molecule has 1 aromatic carbocycles. The molecule has 1 aliphatic rings. The highest BCUT2D eigenvalue weighted by Crippen LogP contribution is 2.26. The molecule has 2 N–H and O–H groups in total. The summed E-state index contributed by atoms with van der Waals surface area (Å²) < 4.78 is 31.9. The molecule has 122 valence electrons. The average Bonchev–Trinajstić information content (AvgIpc) is 2.78. The molecule has 1 aromatic rings. The van der Waals surface area contributed by atoms with Crippen molar-refractivity contribution < 1.29 is 18.3 Å². The van der Waals surface area contributed by atoms with Gasteiger partial charge in [-0.1, -0.05) is 12.1 Å². The fraction of sp³-hybridized carbons (Fsp3) is 0.562. The molecule has 1 fully saturated rings. The van der Waals surface area contributed by atoms with E-state index in [1.165, 1.54) is 0 Å². The number of hydrogen-bond donors (Lipinski definition) is 2. The maximum atomic E-state index is 13.1. The molecule has 0 spiro atoms. The summed E-state index contributed by atoms with van der Waals surface area (Å²) in [4.78, 5) is 12.0. The number of amides is 1. The minimum absolute atomic E-state index is 0.0602. The normalized spacial score (nSPS) is 21.6. The van der Waals surface area contributed by atoms with Gasteiger partial charge in [0.1, 0.15) is 5.75 Å². The van der Waals surface area contributed by atoms with E-state index in [9.17, 15) is 13.6 Å². The molecule has 1 aliphatic heterocycles. The summed E-state index contributed by atoms with van der Waals surface area (Å²) in [5, 5.41) is 5.32. The van der Waals surface area contributed by atoms with E-state index in [1.54, 1.807) is 0 Å². The predicted octanol–water partition coefficient (Wildman–Crippen LogP) is 2.65. The summed E-state index contributed by atoms with van der Waals surface area (Å²) in [6, 6.07) is 6.29. The maximum Gasteiger partial charge on any atom is 0.262 e. The van der Waals surface area contributed by atoms with Crippen LogP contribution >= 0.6 is 0 Å². The van der Waals surface area contributed by atoms with Gasteiger partial charge in [0.15, 0.2) is 0 Å². The zero-order chi connectivity index (χ0) is 16.3. The van der Waals surface area contributed by atoms with E-state index < -0.39 is 30.8 Å². The number of hydrogen-bond acceptors (Lipinski definition) is 3. The van der Waals surface area contributed by atoms with Gasteiger partial charge in [-0.05, 0) is 38.5 Å². The van der Waals surface area contributed by atoms with E-state index in [2.05, 4.69) is 10.6 Å². The quantitative estimate of drug-likeness (QED) is 0.879. The lowest BCUT2D eigenvalue weighted by Gasteiger charge is -2.19. The van der Waals surface area contributed by atoms with Gasteiger partial charge < -0.3 is 10.1 Å². The van der Waals surface area contributed by atoms with Crippen LogP contribution in [0.25, 0.3) is 0 Å². The van der Waals surface area contributed by atoms with Crippen molar-refractivity contribution in [3.8, 4) is 5.75 Å². The van der Waals surface area contributed by atoms with Crippen molar-refractivity contribution in [3.63, 3.8) is 0 Å². The zero-order valence-corrected chi connectivity index (χ0v) is 13.0. The number of nitrogens with one attached hydrogen (secondary N) is 2. The Morgan fingerprint density at radius 2 is 2.14 bits per heavy atom. The summed E-state index contributed by atoms with van der Waals surface area (Å²) in [6.45, 7) is 5.24. The van der Waals surface area contributed by atoms with Crippen LogP contribution in [-0.4, -0.2) is 30.5 Å². The molecule has 22 heavy (non-hydrogen) atoms. The largest absolute Gasteiger partial charge is 0.491 e. The molecule has 6 heteroatoms.